The fourth-order valence-corrected chi connectivity index (χ4v) is 1.03. The smallest absolute Gasteiger partial charge is 0.309 e. The summed E-state index contributed by atoms with van der Waals surface area (Å²) in [6.45, 7) is 1.56. The number of carboxylic acids is 1. The van der Waals surface area contributed by atoms with Crippen LogP contribution in [0.2, 0.25) is 0 Å². The number of aliphatic carboxylic acids is 1. The highest BCUT2D eigenvalue weighted by Gasteiger charge is 2.02. The fourth-order valence-electron chi connectivity index (χ4n) is 1.03. The average Bonchev–Trinajstić information content (AvgIpc) is 2.20. The van der Waals surface area contributed by atoms with E-state index >= 15 is 0 Å². The summed E-state index contributed by atoms with van der Waals surface area (Å²) < 4.78 is 0. The van der Waals surface area contributed by atoms with E-state index in [0.29, 0.717) is 11.4 Å². The summed E-state index contributed by atoms with van der Waals surface area (Å²) in [5, 5.41) is 11.0. The van der Waals surface area contributed by atoms with Crippen LogP contribution in [0.3, 0.4) is 0 Å². The van der Waals surface area contributed by atoms with Crippen molar-refractivity contribution in [2.45, 2.75) is 13.3 Å². The second kappa shape index (κ2) is 5.51. The van der Waals surface area contributed by atoms with Gasteiger partial charge in [0, 0.05) is 0 Å². The van der Waals surface area contributed by atoms with E-state index in [2.05, 4.69) is 22.1 Å². The van der Waals surface area contributed by atoms with Gasteiger partial charge in [-0.25, -0.2) is 0 Å². The maximum atomic E-state index is 11.1. The molecule has 0 saturated carbocycles. The molecule has 1 rings (SSSR count). The van der Waals surface area contributed by atoms with Gasteiger partial charge >= 0.3 is 5.97 Å². The monoisotopic (exact) mass is 218 g/mol. The lowest BCUT2D eigenvalue weighted by Crippen LogP contribution is -2.09. The van der Waals surface area contributed by atoms with E-state index in [0.717, 1.165) is 0 Å². The number of carbonyl (C=O) groups excluding carboxylic acids is 1. The number of anilines is 1. The van der Waals surface area contributed by atoms with E-state index in [1.807, 2.05) is 0 Å². The van der Waals surface area contributed by atoms with Crippen molar-refractivity contribution in [2.24, 2.45) is 0 Å². The van der Waals surface area contributed by atoms with Crippen molar-refractivity contribution in [3.63, 3.8) is 0 Å². The van der Waals surface area contributed by atoms with Crippen LogP contribution in [0.4, 0.5) is 5.69 Å². The van der Waals surface area contributed by atoms with Gasteiger partial charge in [-0.2, -0.15) is 0 Å². The molecule has 0 aliphatic heterocycles. The third-order valence-electron chi connectivity index (χ3n) is 1.65. The van der Waals surface area contributed by atoms with Gasteiger partial charge in [0.25, 0.3) is 5.91 Å². The minimum Gasteiger partial charge on any atom is -0.481 e. The lowest BCUT2D eigenvalue weighted by atomic mass is 10.2. The standard InChI is InChI=1S/C11H10N2O3/c1-2-3-10(14)13-9-5-4-8(12-7-9)6-11(15)16/h4-5,7H,6H2,1H3,(H,13,14)(H,15,16). The van der Waals surface area contributed by atoms with Crippen LogP contribution in [0.1, 0.15) is 12.6 Å². The molecule has 0 saturated heterocycles. The van der Waals surface area contributed by atoms with E-state index in [-0.39, 0.29) is 6.42 Å². The van der Waals surface area contributed by atoms with Gasteiger partial charge < -0.3 is 10.4 Å². The van der Waals surface area contributed by atoms with E-state index < -0.39 is 11.9 Å². The van der Waals surface area contributed by atoms with Crippen molar-refractivity contribution >= 4 is 17.6 Å². The predicted octanol–water partition coefficient (Wildman–Crippen LogP) is 0.670. The number of rotatable bonds is 3. The van der Waals surface area contributed by atoms with Crippen LogP contribution in [0.15, 0.2) is 18.3 Å². The van der Waals surface area contributed by atoms with Gasteiger partial charge in [-0.3, -0.25) is 14.6 Å². The first-order valence-electron chi connectivity index (χ1n) is 4.52. The molecular weight excluding hydrogens is 208 g/mol. The molecule has 0 aliphatic rings. The molecule has 0 unspecified atom stereocenters. The summed E-state index contributed by atoms with van der Waals surface area (Å²) >= 11 is 0. The number of nitrogens with one attached hydrogen (secondary N) is 1. The van der Waals surface area contributed by atoms with Crippen molar-refractivity contribution in [3.05, 3.63) is 24.0 Å². The van der Waals surface area contributed by atoms with Crippen molar-refractivity contribution in [1.82, 2.24) is 4.98 Å². The zero-order valence-electron chi connectivity index (χ0n) is 8.65. The Labute approximate surface area is 92.5 Å². The fraction of sp³-hybridized carbons (Fsp3) is 0.182. The molecule has 0 bridgehead atoms. The Kier molecular flexibility index (Phi) is 4.04. The molecule has 2 N–H and O–H groups in total. The van der Waals surface area contributed by atoms with Crippen LogP contribution in [0.25, 0.3) is 0 Å². The lowest BCUT2D eigenvalue weighted by Gasteiger charge is -2.01. The Morgan fingerprint density at radius 1 is 1.50 bits per heavy atom. The van der Waals surface area contributed by atoms with E-state index in [4.69, 9.17) is 5.11 Å². The van der Waals surface area contributed by atoms with Gasteiger partial charge in [0.2, 0.25) is 0 Å². The third kappa shape index (κ3) is 3.80. The molecule has 5 nitrogen and oxygen atoms in total. The molecule has 0 aromatic carbocycles. The second-order valence-corrected chi connectivity index (χ2v) is 2.94. The van der Waals surface area contributed by atoms with Crippen LogP contribution in [-0.4, -0.2) is 22.0 Å². The van der Waals surface area contributed by atoms with E-state index in [1.54, 1.807) is 19.1 Å². The molecular formula is C11H10N2O3. The first kappa shape index (κ1) is 11.7. The molecule has 0 atom stereocenters. The van der Waals surface area contributed by atoms with Crippen molar-refractivity contribution in [2.75, 3.05) is 5.32 Å². The van der Waals surface area contributed by atoms with Gasteiger partial charge in [-0.1, -0.05) is 5.92 Å². The molecule has 1 aromatic heterocycles. The van der Waals surface area contributed by atoms with Crippen LogP contribution in [0, 0.1) is 11.8 Å². The van der Waals surface area contributed by atoms with Gasteiger partial charge in [-0.15, -0.1) is 0 Å². The number of carbonyl (C=O) groups is 2. The maximum absolute atomic E-state index is 11.1. The molecule has 1 amide bonds. The average molecular weight is 218 g/mol. The summed E-state index contributed by atoms with van der Waals surface area (Å²) in [7, 11) is 0. The third-order valence-corrected chi connectivity index (χ3v) is 1.65. The van der Waals surface area contributed by atoms with Crippen LogP contribution >= 0.6 is 0 Å². The first-order valence-corrected chi connectivity index (χ1v) is 4.52. The number of aromatic nitrogens is 1. The summed E-state index contributed by atoms with van der Waals surface area (Å²) in [5.74, 6) is 3.42. The van der Waals surface area contributed by atoms with Gasteiger partial charge in [-0.05, 0) is 25.0 Å². The number of nitrogens with zero attached hydrogens (tertiary/aromatic N) is 1. The maximum Gasteiger partial charge on any atom is 0.309 e. The molecule has 16 heavy (non-hydrogen) atoms. The van der Waals surface area contributed by atoms with Gasteiger partial charge in [0.1, 0.15) is 0 Å². The van der Waals surface area contributed by atoms with Crippen molar-refractivity contribution in [1.29, 1.82) is 0 Å². The summed E-state index contributed by atoms with van der Waals surface area (Å²) in [6, 6.07) is 3.13. The minimum absolute atomic E-state index is 0.136. The van der Waals surface area contributed by atoms with E-state index in [9.17, 15) is 9.59 Å². The molecule has 1 heterocycles. The summed E-state index contributed by atoms with van der Waals surface area (Å²) in [4.78, 5) is 25.3. The molecule has 0 aliphatic carbocycles. The van der Waals surface area contributed by atoms with Gasteiger partial charge in [0.05, 0.1) is 24.0 Å². The molecule has 0 fully saturated rings. The highest BCUT2D eigenvalue weighted by atomic mass is 16.4. The highest BCUT2D eigenvalue weighted by Crippen LogP contribution is 2.06. The minimum atomic E-state index is -0.943. The summed E-state index contributed by atoms with van der Waals surface area (Å²) in [5.41, 5.74) is 0.925. The molecule has 82 valence electrons. The second-order valence-electron chi connectivity index (χ2n) is 2.94. The van der Waals surface area contributed by atoms with Gasteiger partial charge in [0.15, 0.2) is 0 Å². The number of hydrogen-bond donors (Lipinski definition) is 2. The molecule has 0 spiro atoms. The lowest BCUT2D eigenvalue weighted by molar-refractivity contribution is -0.136. The highest BCUT2D eigenvalue weighted by molar-refractivity contribution is 6.03. The number of carboxylic acid groups (broad SMARTS) is 1. The Bertz CT molecular complexity index is 454. The molecule has 5 heteroatoms. The number of amides is 1. The Morgan fingerprint density at radius 3 is 2.75 bits per heavy atom. The van der Waals surface area contributed by atoms with Crippen LogP contribution < -0.4 is 5.32 Å². The molecule has 1 aromatic rings. The van der Waals surface area contributed by atoms with Crippen LogP contribution in [-0.2, 0) is 16.0 Å². The van der Waals surface area contributed by atoms with Crippen molar-refractivity contribution in [3.8, 4) is 11.8 Å². The van der Waals surface area contributed by atoms with E-state index in [1.165, 1.54) is 6.20 Å². The normalized spacial score (nSPS) is 8.81. The topological polar surface area (TPSA) is 79.3 Å². The van der Waals surface area contributed by atoms with Crippen LogP contribution in [0.5, 0.6) is 0 Å². The predicted molar refractivity (Wildman–Crippen MR) is 57.7 cm³/mol. The first-order chi connectivity index (χ1) is 7.61. The Balaban J connectivity index is 2.66. The number of hydrogen-bond acceptors (Lipinski definition) is 3. The zero-order chi connectivity index (χ0) is 12.0. The summed E-state index contributed by atoms with van der Waals surface area (Å²) in [6.07, 6.45) is 1.26. The Morgan fingerprint density at radius 2 is 2.25 bits per heavy atom. The molecule has 0 radical (unpaired) electrons. The zero-order valence-corrected chi connectivity index (χ0v) is 8.65. The Hall–Kier alpha value is -2.35. The largest absolute Gasteiger partial charge is 0.481 e. The quantitative estimate of drug-likeness (QED) is 0.731. The van der Waals surface area contributed by atoms with Crippen molar-refractivity contribution < 1.29 is 14.7 Å². The number of pyridine rings is 1. The SMILES string of the molecule is CC#CC(=O)Nc1ccc(CC(=O)O)nc1.